The van der Waals surface area contributed by atoms with Crippen molar-refractivity contribution in [3.8, 4) is 0 Å². The standard InChI is InChI=1S/C22H24BrN7O2/c1-12-3-6-17(23)27-20(12)28-21(32)15-10-22(2)8-7-16(22)29(15)18(31)9-13-4-5-14-19(24)25-11-26-30(13)14/h3-6,11,15-16H,7-10H2,1-2H3,(H2,24,25,26)(H,27,28,32)/t15-,16+,22+/m0/s1. The number of nitrogens with zero attached hydrogens (tertiary/aromatic N) is 5. The number of hydrogen-bond donors (Lipinski definition) is 2. The summed E-state index contributed by atoms with van der Waals surface area (Å²) >= 11 is 3.35. The molecule has 2 aliphatic rings. The van der Waals surface area contributed by atoms with Crippen molar-refractivity contribution in [2.24, 2.45) is 5.41 Å². The molecule has 4 heterocycles. The van der Waals surface area contributed by atoms with Gasteiger partial charge in [0.2, 0.25) is 11.8 Å². The average molecular weight is 498 g/mol. The van der Waals surface area contributed by atoms with E-state index in [0.29, 0.717) is 28.2 Å². The number of anilines is 2. The first-order chi connectivity index (χ1) is 15.3. The molecule has 166 valence electrons. The minimum atomic E-state index is -0.536. The lowest BCUT2D eigenvalue weighted by Gasteiger charge is -2.44. The van der Waals surface area contributed by atoms with Crippen molar-refractivity contribution < 1.29 is 9.59 Å². The number of carbonyl (C=O) groups excluding carboxylic acids is 2. The van der Waals surface area contributed by atoms with Crippen LogP contribution in [0.15, 0.2) is 35.2 Å². The van der Waals surface area contributed by atoms with E-state index < -0.39 is 6.04 Å². The van der Waals surface area contributed by atoms with E-state index in [9.17, 15) is 9.59 Å². The van der Waals surface area contributed by atoms with E-state index in [2.05, 4.69) is 43.2 Å². The van der Waals surface area contributed by atoms with Crippen LogP contribution in [0.3, 0.4) is 0 Å². The number of amides is 2. The molecule has 3 aromatic heterocycles. The summed E-state index contributed by atoms with van der Waals surface area (Å²) in [7, 11) is 0. The summed E-state index contributed by atoms with van der Waals surface area (Å²) in [5.74, 6) is 0.579. The Morgan fingerprint density at radius 2 is 2.12 bits per heavy atom. The van der Waals surface area contributed by atoms with Crippen molar-refractivity contribution in [2.75, 3.05) is 11.1 Å². The van der Waals surface area contributed by atoms with E-state index in [1.165, 1.54) is 6.33 Å². The Hall–Kier alpha value is -3.01. The van der Waals surface area contributed by atoms with Gasteiger partial charge in [0.05, 0.1) is 12.1 Å². The molecular weight excluding hydrogens is 474 g/mol. The molecule has 0 bridgehead atoms. The van der Waals surface area contributed by atoms with Gasteiger partial charge in [0.25, 0.3) is 0 Å². The van der Waals surface area contributed by atoms with Crippen LogP contribution in [-0.4, -0.2) is 48.4 Å². The van der Waals surface area contributed by atoms with Crippen molar-refractivity contribution >= 4 is 44.9 Å². The Bertz CT molecular complexity index is 1240. The number of fused-ring (bicyclic) bond motifs is 2. The van der Waals surface area contributed by atoms with Gasteiger partial charge in [-0.25, -0.2) is 14.5 Å². The highest BCUT2D eigenvalue weighted by Gasteiger charge is 2.58. The number of nitrogen functional groups attached to an aromatic ring is 1. The second-order valence-corrected chi connectivity index (χ2v) is 9.77. The van der Waals surface area contributed by atoms with Gasteiger partial charge in [-0.2, -0.15) is 5.10 Å². The molecule has 0 radical (unpaired) electrons. The maximum absolute atomic E-state index is 13.5. The minimum absolute atomic E-state index is 0.0365. The molecule has 3 atom stereocenters. The van der Waals surface area contributed by atoms with E-state index in [0.717, 1.165) is 24.1 Å². The van der Waals surface area contributed by atoms with Crippen LogP contribution in [0.4, 0.5) is 11.6 Å². The number of rotatable bonds is 4. The first-order valence-corrected chi connectivity index (χ1v) is 11.4. The van der Waals surface area contributed by atoms with Crippen LogP contribution >= 0.6 is 15.9 Å². The summed E-state index contributed by atoms with van der Waals surface area (Å²) in [6, 6.07) is 6.88. The number of nitrogens with one attached hydrogen (secondary N) is 1. The summed E-state index contributed by atoms with van der Waals surface area (Å²) in [6.45, 7) is 4.06. The fourth-order valence-corrected chi connectivity index (χ4v) is 5.33. The van der Waals surface area contributed by atoms with Gasteiger partial charge >= 0.3 is 0 Å². The molecule has 9 nitrogen and oxygen atoms in total. The van der Waals surface area contributed by atoms with Gasteiger partial charge < -0.3 is 16.0 Å². The summed E-state index contributed by atoms with van der Waals surface area (Å²) in [5.41, 5.74) is 8.13. The van der Waals surface area contributed by atoms with Crippen LogP contribution < -0.4 is 11.1 Å². The molecule has 1 aliphatic heterocycles. The fraction of sp³-hybridized carbons (Fsp3) is 0.409. The lowest BCUT2D eigenvalue weighted by Crippen LogP contribution is -2.52. The highest BCUT2D eigenvalue weighted by molar-refractivity contribution is 9.10. The molecule has 3 aromatic rings. The minimum Gasteiger partial charge on any atom is -0.382 e. The van der Waals surface area contributed by atoms with Gasteiger partial charge in [-0.1, -0.05) is 13.0 Å². The van der Waals surface area contributed by atoms with Crippen molar-refractivity contribution in [3.05, 3.63) is 46.5 Å². The molecule has 0 aromatic carbocycles. The van der Waals surface area contributed by atoms with Crippen molar-refractivity contribution in [3.63, 3.8) is 0 Å². The lowest BCUT2D eigenvalue weighted by molar-refractivity contribution is -0.140. The van der Waals surface area contributed by atoms with E-state index in [1.807, 2.05) is 25.1 Å². The predicted octanol–water partition coefficient (Wildman–Crippen LogP) is 2.73. The van der Waals surface area contributed by atoms with Gasteiger partial charge in [-0.15, -0.1) is 0 Å². The summed E-state index contributed by atoms with van der Waals surface area (Å²) in [5, 5.41) is 7.18. The Morgan fingerprint density at radius 3 is 2.88 bits per heavy atom. The summed E-state index contributed by atoms with van der Waals surface area (Å²) < 4.78 is 2.28. The van der Waals surface area contributed by atoms with E-state index >= 15 is 0 Å². The number of carbonyl (C=O) groups is 2. The van der Waals surface area contributed by atoms with Crippen LogP contribution in [-0.2, 0) is 16.0 Å². The molecule has 1 aliphatic carbocycles. The largest absolute Gasteiger partial charge is 0.382 e. The third-order valence-electron chi connectivity index (χ3n) is 6.91. The molecule has 2 amide bonds. The van der Waals surface area contributed by atoms with Gasteiger partial charge in [0.15, 0.2) is 5.82 Å². The molecule has 10 heteroatoms. The second-order valence-electron chi connectivity index (χ2n) is 8.96. The summed E-state index contributed by atoms with van der Waals surface area (Å²) in [6.07, 6.45) is 4.07. The monoisotopic (exact) mass is 497 g/mol. The normalized spacial score (nSPS) is 24.3. The maximum Gasteiger partial charge on any atom is 0.248 e. The molecule has 3 N–H and O–H groups in total. The molecule has 0 unspecified atom stereocenters. The molecule has 1 saturated carbocycles. The van der Waals surface area contributed by atoms with Gasteiger partial charge in [-0.3, -0.25) is 9.59 Å². The quantitative estimate of drug-likeness (QED) is 0.534. The van der Waals surface area contributed by atoms with Gasteiger partial charge in [-0.05, 0) is 71.3 Å². The topological polar surface area (TPSA) is 119 Å². The van der Waals surface area contributed by atoms with Crippen LogP contribution in [0.25, 0.3) is 5.52 Å². The maximum atomic E-state index is 13.5. The number of aromatic nitrogens is 4. The SMILES string of the molecule is Cc1ccc(Br)nc1NC(=O)[C@@H]1C[C@@]2(C)CC[C@H]2N1C(=O)Cc1ccc2c(N)ncnn12. The highest BCUT2D eigenvalue weighted by Crippen LogP contribution is 2.54. The average Bonchev–Trinajstić information content (AvgIpc) is 3.24. The number of pyridine rings is 1. The van der Waals surface area contributed by atoms with Crippen LogP contribution in [0.1, 0.15) is 37.4 Å². The Morgan fingerprint density at radius 1 is 1.31 bits per heavy atom. The summed E-state index contributed by atoms with van der Waals surface area (Å²) in [4.78, 5) is 37.0. The highest BCUT2D eigenvalue weighted by atomic mass is 79.9. The zero-order valence-corrected chi connectivity index (χ0v) is 19.5. The zero-order chi connectivity index (χ0) is 22.6. The van der Waals surface area contributed by atoms with Crippen molar-refractivity contribution in [2.45, 2.75) is 51.6 Å². The molecule has 1 saturated heterocycles. The number of aryl methyl sites for hydroxylation is 1. The molecule has 0 spiro atoms. The Kier molecular flexibility index (Phi) is 4.92. The van der Waals surface area contributed by atoms with E-state index in [-0.39, 0.29) is 29.7 Å². The molecule has 5 rings (SSSR count). The molecular formula is C22H24BrN7O2. The predicted molar refractivity (Wildman–Crippen MR) is 123 cm³/mol. The number of halogens is 1. The number of nitrogens with two attached hydrogens (primary N) is 1. The fourth-order valence-electron chi connectivity index (χ4n) is 5.02. The van der Waals surface area contributed by atoms with E-state index in [4.69, 9.17) is 5.73 Å². The van der Waals surface area contributed by atoms with Crippen LogP contribution in [0.5, 0.6) is 0 Å². The third-order valence-corrected chi connectivity index (χ3v) is 7.35. The van der Waals surface area contributed by atoms with Gasteiger partial charge in [0, 0.05) is 6.04 Å². The number of hydrogen-bond acceptors (Lipinski definition) is 6. The molecule has 2 fully saturated rings. The lowest BCUT2D eigenvalue weighted by atomic mass is 9.66. The van der Waals surface area contributed by atoms with Crippen LogP contribution in [0, 0.1) is 12.3 Å². The van der Waals surface area contributed by atoms with Crippen molar-refractivity contribution in [1.29, 1.82) is 0 Å². The number of likely N-dealkylation sites (tertiary alicyclic amines) is 1. The van der Waals surface area contributed by atoms with Crippen molar-refractivity contribution in [1.82, 2.24) is 24.5 Å². The first-order valence-electron chi connectivity index (χ1n) is 10.6. The Balaban J connectivity index is 1.41. The molecule has 32 heavy (non-hydrogen) atoms. The van der Waals surface area contributed by atoms with Crippen LogP contribution in [0.2, 0.25) is 0 Å². The van der Waals surface area contributed by atoms with E-state index in [1.54, 1.807) is 15.5 Å². The third kappa shape index (κ3) is 3.33. The van der Waals surface area contributed by atoms with Gasteiger partial charge in [0.1, 0.15) is 28.3 Å². The second kappa shape index (κ2) is 7.54. The zero-order valence-electron chi connectivity index (χ0n) is 17.9. The Labute approximate surface area is 193 Å². The smallest absolute Gasteiger partial charge is 0.248 e. The first kappa shape index (κ1) is 20.9.